The standard InChI is InChI=1S/C26H25N3O5/c1-16-14-18(15-23-24(30)27(3)26(32)28(4)25(23)31)17(2)29(16)19-6-8-21(9-7-19)34-22-12-10-20(33-5)11-13-22/h6-15H,1-5H3. The maximum atomic E-state index is 12.6. The van der Waals surface area contributed by atoms with Crippen LogP contribution in [0.15, 0.2) is 60.2 Å². The Morgan fingerprint density at radius 1 is 0.765 bits per heavy atom. The van der Waals surface area contributed by atoms with E-state index in [9.17, 15) is 14.4 Å². The Morgan fingerprint density at radius 2 is 1.26 bits per heavy atom. The summed E-state index contributed by atoms with van der Waals surface area (Å²) in [6.07, 6.45) is 1.55. The number of carbonyl (C=O) groups is 3. The number of likely N-dealkylation sites (N-methyl/N-ethyl adjacent to an activating group) is 2. The van der Waals surface area contributed by atoms with Gasteiger partial charge in [0.05, 0.1) is 7.11 Å². The molecule has 8 nitrogen and oxygen atoms in total. The molecule has 1 fully saturated rings. The number of ether oxygens (including phenoxy) is 2. The molecule has 3 aromatic rings. The molecule has 0 N–H and O–H groups in total. The van der Waals surface area contributed by atoms with E-state index < -0.39 is 17.8 Å². The van der Waals surface area contributed by atoms with Crippen LogP contribution in [0.1, 0.15) is 17.0 Å². The van der Waals surface area contributed by atoms with Crippen LogP contribution >= 0.6 is 0 Å². The minimum Gasteiger partial charge on any atom is -0.497 e. The minimum atomic E-state index is -0.644. The number of hydrogen-bond donors (Lipinski definition) is 0. The molecule has 0 spiro atoms. The van der Waals surface area contributed by atoms with Gasteiger partial charge in [0.2, 0.25) is 0 Å². The second-order valence-corrected chi connectivity index (χ2v) is 8.00. The summed E-state index contributed by atoms with van der Waals surface area (Å²) in [5, 5.41) is 0. The summed E-state index contributed by atoms with van der Waals surface area (Å²) in [4.78, 5) is 39.0. The first kappa shape index (κ1) is 22.8. The summed E-state index contributed by atoms with van der Waals surface area (Å²) in [6, 6.07) is 16.2. The first-order chi connectivity index (χ1) is 16.2. The zero-order valence-corrected chi connectivity index (χ0v) is 19.7. The van der Waals surface area contributed by atoms with Crippen LogP contribution in [0.3, 0.4) is 0 Å². The van der Waals surface area contributed by atoms with Crippen molar-refractivity contribution in [3.05, 3.63) is 77.1 Å². The fourth-order valence-corrected chi connectivity index (χ4v) is 3.90. The number of hydrogen-bond acceptors (Lipinski definition) is 5. The summed E-state index contributed by atoms with van der Waals surface area (Å²) in [5.41, 5.74) is 3.38. The molecular formula is C26H25N3O5. The van der Waals surface area contributed by atoms with Crippen LogP contribution in [0.2, 0.25) is 0 Å². The van der Waals surface area contributed by atoms with E-state index in [1.807, 2.05) is 73.0 Å². The average Bonchev–Trinajstić information content (AvgIpc) is 3.13. The molecule has 174 valence electrons. The zero-order chi connectivity index (χ0) is 24.6. The Morgan fingerprint density at radius 3 is 1.79 bits per heavy atom. The zero-order valence-electron chi connectivity index (χ0n) is 19.7. The van der Waals surface area contributed by atoms with Gasteiger partial charge in [0.1, 0.15) is 22.8 Å². The Kier molecular flexibility index (Phi) is 5.98. The molecule has 34 heavy (non-hydrogen) atoms. The van der Waals surface area contributed by atoms with Crippen LogP contribution in [-0.2, 0) is 9.59 Å². The van der Waals surface area contributed by atoms with Gasteiger partial charge in [-0.2, -0.15) is 0 Å². The third-order valence-electron chi connectivity index (χ3n) is 5.80. The quantitative estimate of drug-likeness (QED) is 0.419. The number of methoxy groups -OCH3 is 1. The Labute approximate surface area is 197 Å². The molecule has 0 radical (unpaired) electrons. The van der Waals surface area contributed by atoms with E-state index in [2.05, 4.69) is 0 Å². The lowest BCUT2D eigenvalue weighted by atomic mass is 10.1. The normalized spacial score (nSPS) is 14.0. The fraction of sp³-hybridized carbons (Fsp3) is 0.192. The molecular weight excluding hydrogens is 434 g/mol. The van der Waals surface area contributed by atoms with Gasteiger partial charge in [0.15, 0.2) is 0 Å². The monoisotopic (exact) mass is 459 g/mol. The first-order valence-electron chi connectivity index (χ1n) is 10.6. The van der Waals surface area contributed by atoms with Gasteiger partial charge in [-0.3, -0.25) is 19.4 Å². The molecule has 1 saturated heterocycles. The topological polar surface area (TPSA) is 81.1 Å². The minimum absolute atomic E-state index is 0.0481. The molecule has 0 bridgehead atoms. The van der Waals surface area contributed by atoms with Crippen LogP contribution in [0, 0.1) is 13.8 Å². The van der Waals surface area contributed by atoms with Gasteiger partial charge in [-0.15, -0.1) is 0 Å². The smallest absolute Gasteiger partial charge is 0.333 e. The highest BCUT2D eigenvalue weighted by molar-refractivity contribution is 6.30. The van der Waals surface area contributed by atoms with E-state index >= 15 is 0 Å². The highest BCUT2D eigenvalue weighted by Crippen LogP contribution is 2.28. The molecule has 0 saturated carbocycles. The molecule has 2 heterocycles. The number of barbiturate groups is 1. The van der Waals surface area contributed by atoms with Gasteiger partial charge < -0.3 is 14.0 Å². The molecule has 0 unspecified atom stereocenters. The van der Waals surface area contributed by atoms with Crippen molar-refractivity contribution in [2.24, 2.45) is 0 Å². The SMILES string of the molecule is COc1ccc(Oc2ccc(-n3c(C)cc(C=C4C(=O)N(C)C(=O)N(C)C4=O)c3C)cc2)cc1. The second kappa shape index (κ2) is 8.90. The molecule has 1 aliphatic heterocycles. The van der Waals surface area contributed by atoms with Crippen molar-refractivity contribution in [1.29, 1.82) is 0 Å². The maximum Gasteiger partial charge on any atom is 0.333 e. The summed E-state index contributed by atoms with van der Waals surface area (Å²) >= 11 is 0. The molecule has 4 rings (SSSR count). The van der Waals surface area contributed by atoms with E-state index in [4.69, 9.17) is 9.47 Å². The van der Waals surface area contributed by atoms with E-state index in [0.29, 0.717) is 11.5 Å². The maximum absolute atomic E-state index is 12.6. The molecule has 1 aliphatic rings. The van der Waals surface area contributed by atoms with Crippen molar-refractivity contribution in [2.75, 3.05) is 21.2 Å². The lowest BCUT2D eigenvalue weighted by Gasteiger charge is -2.28. The van der Waals surface area contributed by atoms with Crippen LogP contribution in [-0.4, -0.2) is 53.4 Å². The van der Waals surface area contributed by atoms with Gasteiger partial charge in [-0.05, 0) is 80.1 Å². The van der Waals surface area contributed by atoms with E-state index in [1.54, 1.807) is 13.2 Å². The van der Waals surface area contributed by atoms with Crippen molar-refractivity contribution in [3.8, 4) is 22.9 Å². The van der Waals surface area contributed by atoms with E-state index in [-0.39, 0.29) is 5.57 Å². The highest BCUT2D eigenvalue weighted by Gasteiger charge is 2.38. The molecule has 1 aromatic heterocycles. The number of amides is 4. The van der Waals surface area contributed by atoms with E-state index in [1.165, 1.54) is 14.1 Å². The number of urea groups is 1. The van der Waals surface area contributed by atoms with Crippen molar-refractivity contribution < 1.29 is 23.9 Å². The first-order valence-corrected chi connectivity index (χ1v) is 10.6. The van der Waals surface area contributed by atoms with Crippen LogP contribution in [0.5, 0.6) is 17.2 Å². The number of aromatic nitrogens is 1. The van der Waals surface area contributed by atoms with Crippen LogP contribution < -0.4 is 9.47 Å². The van der Waals surface area contributed by atoms with Crippen molar-refractivity contribution in [2.45, 2.75) is 13.8 Å². The van der Waals surface area contributed by atoms with Crippen molar-refractivity contribution >= 4 is 23.9 Å². The van der Waals surface area contributed by atoms with Gasteiger partial charge in [-0.25, -0.2) is 4.79 Å². The number of nitrogens with zero attached hydrogens (tertiary/aromatic N) is 3. The fourth-order valence-electron chi connectivity index (χ4n) is 3.90. The molecule has 8 heteroatoms. The van der Waals surface area contributed by atoms with Crippen LogP contribution in [0.4, 0.5) is 4.79 Å². The summed E-state index contributed by atoms with van der Waals surface area (Å²) in [5.74, 6) is 0.920. The summed E-state index contributed by atoms with van der Waals surface area (Å²) in [7, 11) is 4.34. The lowest BCUT2D eigenvalue weighted by molar-refractivity contribution is -0.134. The molecule has 0 aliphatic carbocycles. The molecule has 0 atom stereocenters. The second-order valence-electron chi connectivity index (χ2n) is 8.00. The van der Waals surface area contributed by atoms with Gasteiger partial charge in [0.25, 0.3) is 11.8 Å². The van der Waals surface area contributed by atoms with Gasteiger partial charge in [0, 0.05) is 31.2 Å². The predicted octanol–water partition coefficient (Wildman–Crippen LogP) is 4.33. The predicted molar refractivity (Wildman–Crippen MR) is 127 cm³/mol. The molecule has 2 aromatic carbocycles. The number of rotatable bonds is 5. The van der Waals surface area contributed by atoms with Gasteiger partial charge in [-0.1, -0.05) is 0 Å². The van der Waals surface area contributed by atoms with Crippen LogP contribution in [0.25, 0.3) is 11.8 Å². The lowest BCUT2D eigenvalue weighted by Crippen LogP contribution is -2.52. The summed E-state index contributed by atoms with van der Waals surface area (Å²) < 4.78 is 13.1. The largest absolute Gasteiger partial charge is 0.497 e. The number of benzene rings is 2. The third kappa shape index (κ3) is 4.05. The number of aryl methyl sites for hydroxylation is 1. The van der Waals surface area contributed by atoms with Crippen molar-refractivity contribution in [1.82, 2.24) is 14.4 Å². The highest BCUT2D eigenvalue weighted by atomic mass is 16.5. The van der Waals surface area contributed by atoms with Crippen molar-refractivity contribution in [3.63, 3.8) is 0 Å². The third-order valence-corrected chi connectivity index (χ3v) is 5.80. The Hall–Kier alpha value is -4.33. The molecule has 4 amide bonds. The summed E-state index contributed by atoms with van der Waals surface area (Å²) in [6.45, 7) is 3.86. The Bertz CT molecular complexity index is 1280. The van der Waals surface area contributed by atoms with Gasteiger partial charge >= 0.3 is 6.03 Å². The average molecular weight is 460 g/mol. The number of imide groups is 2. The number of carbonyl (C=O) groups excluding carboxylic acids is 3. The van der Waals surface area contributed by atoms with E-state index in [0.717, 1.165) is 38.2 Å². The Balaban J connectivity index is 1.61.